The summed E-state index contributed by atoms with van der Waals surface area (Å²) in [6, 6.07) is 0. The second-order valence-electron chi connectivity index (χ2n) is 6.04. The average molecular weight is 269 g/mol. The van der Waals surface area contributed by atoms with Crippen LogP contribution in [0.25, 0.3) is 0 Å². The second kappa shape index (κ2) is 6.20. The molecule has 2 N–H and O–H groups in total. The first kappa shape index (κ1) is 14.8. The maximum absolute atomic E-state index is 12.5. The van der Waals surface area contributed by atoms with Gasteiger partial charge in [0.05, 0.1) is 12.1 Å². The minimum Gasteiger partial charge on any atom is -0.383 e. The van der Waals surface area contributed by atoms with E-state index < -0.39 is 5.54 Å². The van der Waals surface area contributed by atoms with Gasteiger partial charge in [0.2, 0.25) is 5.91 Å². The van der Waals surface area contributed by atoms with Gasteiger partial charge in [-0.05, 0) is 38.6 Å². The molecule has 2 rings (SSSR count). The summed E-state index contributed by atoms with van der Waals surface area (Å²) in [5.74, 6) is 0.538. The first-order valence-corrected chi connectivity index (χ1v) is 7.35. The summed E-state index contributed by atoms with van der Waals surface area (Å²) in [6.07, 6.45) is 3.23. The quantitative estimate of drug-likeness (QED) is 0.779. The molecule has 1 saturated heterocycles. The van der Waals surface area contributed by atoms with E-state index in [9.17, 15) is 4.79 Å². The van der Waals surface area contributed by atoms with Crippen molar-refractivity contribution in [3.8, 4) is 0 Å². The van der Waals surface area contributed by atoms with E-state index in [4.69, 9.17) is 10.5 Å². The third-order valence-electron chi connectivity index (χ3n) is 4.37. The van der Waals surface area contributed by atoms with Crippen LogP contribution in [0.1, 0.15) is 26.2 Å². The van der Waals surface area contributed by atoms with Gasteiger partial charge in [-0.3, -0.25) is 9.69 Å². The number of hydrogen-bond donors (Lipinski definition) is 1. The molecule has 0 bridgehead atoms. The molecular weight excluding hydrogens is 242 g/mol. The van der Waals surface area contributed by atoms with E-state index in [0.717, 1.165) is 58.6 Å². The van der Waals surface area contributed by atoms with Crippen LogP contribution in [0.2, 0.25) is 0 Å². The lowest BCUT2D eigenvalue weighted by molar-refractivity contribution is -0.137. The average Bonchev–Trinajstić information content (AvgIpc) is 3.21. The molecule has 1 aliphatic heterocycles. The summed E-state index contributed by atoms with van der Waals surface area (Å²) < 4.78 is 5.11. The Morgan fingerprint density at radius 1 is 1.32 bits per heavy atom. The van der Waals surface area contributed by atoms with Crippen LogP contribution in [0.3, 0.4) is 0 Å². The number of rotatable bonds is 5. The summed E-state index contributed by atoms with van der Waals surface area (Å²) in [7, 11) is 1.73. The van der Waals surface area contributed by atoms with Crippen molar-refractivity contribution in [3.63, 3.8) is 0 Å². The van der Waals surface area contributed by atoms with Crippen molar-refractivity contribution < 1.29 is 9.53 Å². The molecule has 0 aromatic rings. The summed E-state index contributed by atoms with van der Waals surface area (Å²) in [5, 5.41) is 0. The molecule has 2 fully saturated rings. The van der Waals surface area contributed by atoms with Gasteiger partial charge in [-0.15, -0.1) is 0 Å². The molecule has 1 saturated carbocycles. The Bertz CT molecular complexity index is 316. The van der Waals surface area contributed by atoms with Crippen LogP contribution in [0.15, 0.2) is 0 Å². The van der Waals surface area contributed by atoms with Crippen LogP contribution in [-0.2, 0) is 9.53 Å². The molecule has 1 heterocycles. The molecular formula is C14H27N3O2. The highest BCUT2D eigenvalue weighted by molar-refractivity contribution is 5.86. The Labute approximate surface area is 116 Å². The zero-order valence-corrected chi connectivity index (χ0v) is 12.2. The summed E-state index contributed by atoms with van der Waals surface area (Å²) >= 11 is 0. The van der Waals surface area contributed by atoms with Crippen molar-refractivity contribution in [2.75, 3.05) is 46.4 Å². The topological polar surface area (TPSA) is 58.8 Å². The number of methoxy groups -OCH3 is 1. The predicted molar refractivity (Wildman–Crippen MR) is 74.8 cm³/mol. The van der Waals surface area contributed by atoms with Crippen molar-refractivity contribution >= 4 is 5.91 Å². The Balaban J connectivity index is 1.86. The molecule has 1 atom stereocenters. The molecule has 0 radical (unpaired) electrons. The highest BCUT2D eigenvalue weighted by Gasteiger charge is 2.45. The Morgan fingerprint density at radius 2 is 2.05 bits per heavy atom. The number of amides is 1. The molecule has 1 aliphatic carbocycles. The lowest BCUT2D eigenvalue weighted by Gasteiger charge is -2.31. The third-order valence-corrected chi connectivity index (χ3v) is 4.37. The predicted octanol–water partition coefficient (Wildman–Crippen LogP) is 0.295. The van der Waals surface area contributed by atoms with Crippen molar-refractivity contribution in [1.82, 2.24) is 9.80 Å². The second-order valence-corrected chi connectivity index (χ2v) is 6.04. The number of ether oxygens (including phenoxy) is 1. The van der Waals surface area contributed by atoms with Crippen molar-refractivity contribution in [2.24, 2.45) is 11.7 Å². The molecule has 2 aliphatic rings. The van der Waals surface area contributed by atoms with E-state index in [2.05, 4.69) is 4.90 Å². The number of nitrogens with zero attached hydrogens (tertiary/aromatic N) is 2. The van der Waals surface area contributed by atoms with E-state index in [0.29, 0.717) is 5.92 Å². The molecule has 110 valence electrons. The van der Waals surface area contributed by atoms with Gasteiger partial charge in [0.15, 0.2) is 0 Å². The minimum atomic E-state index is -0.651. The Hall–Kier alpha value is -0.650. The van der Waals surface area contributed by atoms with Gasteiger partial charge in [0.1, 0.15) is 0 Å². The Kier molecular flexibility index (Phi) is 4.81. The number of hydrogen-bond acceptors (Lipinski definition) is 4. The molecule has 0 spiro atoms. The maximum Gasteiger partial charge on any atom is 0.242 e. The van der Waals surface area contributed by atoms with E-state index >= 15 is 0 Å². The van der Waals surface area contributed by atoms with Gasteiger partial charge in [-0.1, -0.05) is 0 Å². The Morgan fingerprint density at radius 3 is 2.68 bits per heavy atom. The smallest absolute Gasteiger partial charge is 0.242 e. The SMILES string of the molecule is COCCN1CCCN(C(=O)C(C)(N)C2CC2)CC1. The van der Waals surface area contributed by atoms with Crippen LogP contribution >= 0.6 is 0 Å². The van der Waals surface area contributed by atoms with Gasteiger partial charge in [-0.2, -0.15) is 0 Å². The molecule has 1 unspecified atom stereocenters. The lowest BCUT2D eigenvalue weighted by Crippen LogP contribution is -2.55. The fourth-order valence-corrected chi connectivity index (χ4v) is 2.82. The summed E-state index contributed by atoms with van der Waals surface area (Å²) in [6.45, 7) is 7.20. The summed E-state index contributed by atoms with van der Waals surface area (Å²) in [4.78, 5) is 16.9. The van der Waals surface area contributed by atoms with Crippen LogP contribution < -0.4 is 5.73 Å². The fraction of sp³-hybridized carbons (Fsp3) is 0.929. The standard InChI is InChI=1S/C14H27N3O2/c1-14(15,12-4-5-12)13(18)17-7-3-6-16(8-9-17)10-11-19-2/h12H,3-11,15H2,1-2H3. The van der Waals surface area contributed by atoms with Crippen LogP contribution in [0.5, 0.6) is 0 Å². The molecule has 0 aromatic heterocycles. The number of nitrogens with two attached hydrogens (primary N) is 1. The zero-order valence-electron chi connectivity index (χ0n) is 12.2. The fourth-order valence-electron chi connectivity index (χ4n) is 2.82. The molecule has 5 nitrogen and oxygen atoms in total. The van der Waals surface area contributed by atoms with E-state index in [1.54, 1.807) is 7.11 Å². The van der Waals surface area contributed by atoms with Crippen molar-refractivity contribution in [2.45, 2.75) is 31.7 Å². The van der Waals surface area contributed by atoms with Gasteiger partial charge in [-0.25, -0.2) is 0 Å². The highest BCUT2D eigenvalue weighted by Crippen LogP contribution is 2.39. The molecule has 5 heteroatoms. The third kappa shape index (κ3) is 3.68. The number of carbonyl (C=O) groups is 1. The minimum absolute atomic E-state index is 0.142. The highest BCUT2D eigenvalue weighted by atomic mass is 16.5. The normalized spacial score (nSPS) is 24.9. The van der Waals surface area contributed by atoms with Gasteiger partial charge < -0.3 is 15.4 Å². The van der Waals surface area contributed by atoms with Crippen molar-refractivity contribution in [1.29, 1.82) is 0 Å². The molecule has 0 aromatic carbocycles. The van der Waals surface area contributed by atoms with E-state index in [1.165, 1.54) is 0 Å². The monoisotopic (exact) mass is 269 g/mol. The van der Waals surface area contributed by atoms with E-state index in [-0.39, 0.29) is 5.91 Å². The van der Waals surface area contributed by atoms with Crippen LogP contribution in [0.4, 0.5) is 0 Å². The lowest BCUT2D eigenvalue weighted by atomic mass is 9.95. The van der Waals surface area contributed by atoms with Crippen molar-refractivity contribution in [3.05, 3.63) is 0 Å². The van der Waals surface area contributed by atoms with Gasteiger partial charge >= 0.3 is 0 Å². The molecule has 19 heavy (non-hydrogen) atoms. The van der Waals surface area contributed by atoms with E-state index in [1.807, 2.05) is 11.8 Å². The maximum atomic E-state index is 12.5. The largest absolute Gasteiger partial charge is 0.383 e. The molecule has 1 amide bonds. The first-order valence-electron chi connectivity index (χ1n) is 7.35. The summed E-state index contributed by atoms with van der Waals surface area (Å²) in [5.41, 5.74) is 5.59. The zero-order chi connectivity index (χ0) is 13.9. The van der Waals surface area contributed by atoms with Crippen LogP contribution in [0, 0.1) is 5.92 Å². The van der Waals surface area contributed by atoms with Crippen LogP contribution in [-0.4, -0.2) is 67.7 Å². The van der Waals surface area contributed by atoms with Gasteiger partial charge in [0, 0.05) is 33.3 Å². The first-order chi connectivity index (χ1) is 9.05. The number of carbonyl (C=O) groups excluding carboxylic acids is 1. The van der Waals surface area contributed by atoms with Gasteiger partial charge in [0.25, 0.3) is 0 Å².